The standard InChI is InChI=1S/C23H23FN2O2/c1-15-6-7-16(2)19(14-15)26-22(27)20(17-8-10-18(24)11-9-17)21(23(26)28)25-12-4-3-5-13-25/h6-11,14H,3-5,12-13H2,1-2H3. The lowest BCUT2D eigenvalue weighted by atomic mass is 10.0. The van der Waals surface area contributed by atoms with Gasteiger partial charge in [0.15, 0.2) is 0 Å². The lowest BCUT2D eigenvalue weighted by molar-refractivity contribution is -0.120. The van der Waals surface area contributed by atoms with E-state index in [0.717, 1.165) is 43.5 Å². The number of piperidine rings is 1. The summed E-state index contributed by atoms with van der Waals surface area (Å²) in [5.74, 6) is -1.00. The molecule has 28 heavy (non-hydrogen) atoms. The van der Waals surface area contributed by atoms with E-state index in [1.165, 1.54) is 17.0 Å². The van der Waals surface area contributed by atoms with Crippen LogP contribution in [0, 0.1) is 19.7 Å². The minimum absolute atomic E-state index is 0.292. The first-order chi connectivity index (χ1) is 13.5. The first-order valence-electron chi connectivity index (χ1n) is 9.68. The molecule has 0 saturated carbocycles. The van der Waals surface area contributed by atoms with Gasteiger partial charge in [0.2, 0.25) is 0 Å². The molecule has 0 atom stereocenters. The molecule has 144 valence electrons. The number of likely N-dealkylation sites (tertiary alicyclic amines) is 1. The lowest BCUT2D eigenvalue weighted by Crippen LogP contribution is -2.37. The summed E-state index contributed by atoms with van der Waals surface area (Å²) in [5.41, 5.74) is 3.85. The zero-order valence-corrected chi connectivity index (χ0v) is 16.2. The molecule has 1 saturated heterocycles. The van der Waals surface area contributed by atoms with Crippen LogP contribution in [0.15, 0.2) is 48.2 Å². The summed E-state index contributed by atoms with van der Waals surface area (Å²) < 4.78 is 13.4. The third-order valence-corrected chi connectivity index (χ3v) is 5.47. The van der Waals surface area contributed by atoms with Crippen LogP contribution in [0.2, 0.25) is 0 Å². The molecule has 4 rings (SSSR count). The first kappa shape index (κ1) is 18.4. The number of amides is 2. The van der Waals surface area contributed by atoms with Gasteiger partial charge in [0.25, 0.3) is 11.8 Å². The van der Waals surface area contributed by atoms with Crippen molar-refractivity contribution in [3.05, 3.63) is 70.7 Å². The molecule has 2 aromatic rings. The molecule has 0 N–H and O–H groups in total. The van der Waals surface area contributed by atoms with Gasteiger partial charge in [-0.3, -0.25) is 9.59 Å². The number of rotatable bonds is 3. The highest BCUT2D eigenvalue weighted by molar-refractivity contribution is 6.45. The number of aryl methyl sites for hydroxylation is 2. The second kappa shape index (κ2) is 7.23. The fourth-order valence-electron chi connectivity index (χ4n) is 3.98. The van der Waals surface area contributed by atoms with Crippen LogP contribution in [0.5, 0.6) is 0 Å². The topological polar surface area (TPSA) is 40.6 Å². The molecule has 0 unspecified atom stereocenters. The SMILES string of the molecule is Cc1ccc(C)c(N2C(=O)C(c3ccc(F)cc3)=C(N3CCCCC3)C2=O)c1. The molecule has 4 nitrogen and oxygen atoms in total. The van der Waals surface area contributed by atoms with Crippen molar-refractivity contribution in [2.45, 2.75) is 33.1 Å². The van der Waals surface area contributed by atoms with Gasteiger partial charge in [-0.25, -0.2) is 9.29 Å². The highest BCUT2D eigenvalue weighted by atomic mass is 19.1. The summed E-state index contributed by atoms with van der Waals surface area (Å²) in [7, 11) is 0. The number of nitrogens with zero attached hydrogens (tertiary/aromatic N) is 2. The second-order valence-corrected chi connectivity index (χ2v) is 7.51. The lowest BCUT2D eigenvalue weighted by Gasteiger charge is -2.29. The largest absolute Gasteiger partial charge is 0.366 e. The van der Waals surface area contributed by atoms with E-state index in [1.807, 2.05) is 36.9 Å². The van der Waals surface area contributed by atoms with E-state index in [-0.39, 0.29) is 17.6 Å². The van der Waals surface area contributed by atoms with Gasteiger partial charge in [-0.15, -0.1) is 0 Å². The molecular formula is C23H23FN2O2. The van der Waals surface area contributed by atoms with Gasteiger partial charge in [0.05, 0.1) is 11.3 Å². The maximum atomic E-state index is 13.5. The summed E-state index contributed by atoms with van der Waals surface area (Å²) in [6, 6.07) is 11.6. The molecule has 0 radical (unpaired) electrons. The van der Waals surface area contributed by atoms with E-state index in [0.29, 0.717) is 22.5 Å². The number of halogens is 1. The molecule has 2 aliphatic heterocycles. The third-order valence-electron chi connectivity index (χ3n) is 5.47. The maximum absolute atomic E-state index is 13.5. The smallest absolute Gasteiger partial charge is 0.282 e. The first-order valence-corrected chi connectivity index (χ1v) is 9.68. The van der Waals surface area contributed by atoms with Gasteiger partial charge >= 0.3 is 0 Å². The van der Waals surface area contributed by atoms with E-state index in [1.54, 1.807) is 12.1 Å². The predicted molar refractivity (Wildman–Crippen MR) is 107 cm³/mol. The van der Waals surface area contributed by atoms with Crippen LogP contribution in [0.4, 0.5) is 10.1 Å². The predicted octanol–water partition coefficient (Wildman–Crippen LogP) is 4.21. The molecule has 0 bridgehead atoms. The van der Waals surface area contributed by atoms with Crippen molar-refractivity contribution in [3.8, 4) is 0 Å². The molecule has 5 heteroatoms. The molecule has 2 aliphatic rings. The van der Waals surface area contributed by atoms with Gasteiger partial charge in [-0.2, -0.15) is 0 Å². The van der Waals surface area contributed by atoms with Gasteiger partial charge in [-0.1, -0.05) is 24.3 Å². The molecule has 0 aliphatic carbocycles. The Morgan fingerprint density at radius 2 is 1.54 bits per heavy atom. The van der Waals surface area contributed by atoms with Crippen molar-refractivity contribution in [2.24, 2.45) is 0 Å². The van der Waals surface area contributed by atoms with Crippen LogP contribution in [-0.2, 0) is 9.59 Å². The molecule has 1 fully saturated rings. The summed E-state index contributed by atoms with van der Waals surface area (Å²) in [5, 5.41) is 0. The number of hydrogen-bond acceptors (Lipinski definition) is 3. The fraction of sp³-hybridized carbons (Fsp3) is 0.304. The van der Waals surface area contributed by atoms with Crippen molar-refractivity contribution >= 4 is 23.1 Å². The molecule has 0 aromatic heterocycles. The van der Waals surface area contributed by atoms with Crippen molar-refractivity contribution in [1.82, 2.24) is 4.90 Å². The number of benzene rings is 2. The Hall–Kier alpha value is -2.95. The fourth-order valence-corrected chi connectivity index (χ4v) is 3.98. The summed E-state index contributed by atoms with van der Waals surface area (Å²) >= 11 is 0. The van der Waals surface area contributed by atoms with Crippen molar-refractivity contribution in [1.29, 1.82) is 0 Å². The monoisotopic (exact) mass is 378 g/mol. The number of imide groups is 1. The van der Waals surface area contributed by atoms with E-state index in [4.69, 9.17) is 0 Å². The van der Waals surface area contributed by atoms with E-state index in [9.17, 15) is 14.0 Å². The van der Waals surface area contributed by atoms with Gasteiger partial charge in [0.1, 0.15) is 11.5 Å². The number of carbonyl (C=O) groups excluding carboxylic acids is 2. The maximum Gasteiger partial charge on any atom is 0.282 e. The zero-order chi connectivity index (χ0) is 19.8. The Morgan fingerprint density at radius 3 is 2.21 bits per heavy atom. The average Bonchev–Trinajstić information content (AvgIpc) is 2.95. The zero-order valence-electron chi connectivity index (χ0n) is 16.2. The van der Waals surface area contributed by atoms with Crippen LogP contribution >= 0.6 is 0 Å². The van der Waals surface area contributed by atoms with Crippen LogP contribution in [0.3, 0.4) is 0 Å². The van der Waals surface area contributed by atoms with Crippen molar-refractivity contribution in [2.75, 3.05) is 18.0 Å². The molecular weight excluding hydrogens is 355 g/mol. The number of hydrogen-bond donors (Lipinski definition) is 0. The van der Waals surface area contributed by atoms with Crippen molar-refractivity contribution in [3.63, 3.8) is 0 Å². The van der Waals surface area contributed by atoms with Crippen molar-refractivity contribution < 1.29 is 14.0 Å². The molecule has 2 heterocycles. The summed E-state index contributed by atoms with van der Waals surface area (Å²) in [6.45, 7) is 5.33. The second-order valence-electron chi connectivity index (χ2n) is 7.51. The number of carbonyl (C=O) groups is 2. The highest BCUT2D eigenvalue weighted by Crippen LogP contribution is 2.37. The Morgan fingerprint density at radius 1 is 0.857 bits per heavy atom. The van der Waals surface area contributed by atoms with Crippen LogP contribution in [0.25, 0.3) is 5.57 Å². The molecule has 0 spiro atoms. The Labute approximate surface area is 164 Å². The Kier molecular flexibility index (Phi) is 4.75. The highest BCUT2D eigenvalue weighted by Gasteiger charge is 2.43. The Bertz CT molecular complexity index is 973. The Balaban J connectivity index is 1.85. The summed E-state index contributed by atoms with van der Waals surface area (Å²) in [6.07, 6.45) is 3.11. The summed E-state index contributed by atoms with van der Waals surface area (Å²) in [4.78, 5) is 30.2. The van der Waals surface area contributed by atoms with Gasteiger partial charge in [-0.05, 0) is 68.0 Å². The minimum Gasteiger partial charge on any atom is -0.366 e. The van der Waals surface area contributed by atoms with Crippen LogP contribution in [-0.4, -0.2) is 29.8 Å². The van der Waals surface area contributed by atoms with Gasteiger partial charge < -0.3 is 4.90 Å². The average molecular weight is 378 g/mol. The third kappa shape index (κ3) is 3.11. The van der Waals surface area contributed by atoms with Crippen LogP contribution < -0.4 is 4.90 Å². The van der Waals surface area contributed by atoms with E-state index >= 15 is 0 Å². The molecule has 2 amide bonds. The van der Waals surface area contributed by atoms with E-state index in [2.05, 4.69) is 0 Å². The van der Waals surface area contributed by atoms with Crippen LogP contribution in [0.1, 0.15) is 36.0 Å². The quantitative estimate of drug-likeness (QED) is 0.751. The molecule has 2 aromatic carbocycles. The van der Waals surface area contributed by atoms with Gasteiger partial charge in [0, 0.05) is 13.1 Å². The van der Waals surface area contributed by atoms with E-state index < -0.39 is 0 Å². The normalized spacial score (nSPS) is 17.7. The number of anilines is 1. The minimum atomic E-state index is -0.368.